The molecule has 0 atom stereocenters. The molecule has 1 aliphatic rings. The lowest BCUT2D eigenvalue weighted by atomic mass is 10.5. The largest absolute Gasteiger partial charge is 0.383 e. The van der Waals surface area contributed by atoms with Gasteiger partial charge in [-0.15, -0.1) is 0 Å². The van der Waals surface area contributed by atoms with E-state index in [0.29, 0.717) is 5.16 Å². The van der Waals surface area contributed by atoms with Crippen molar-refractivity contribution in [1.82, 2.24) is 20.6 Å². The van der Waals surface area contributed by atoms with E-state index in [1.807, 2.05) is 0 Å². The third-order valence-electron chi connectivity index (χ3n) is 2.24. The fourth-order valence-corrected chi connectivity index (χ4v) is 1.94. The van der Waals surface area contributed by atoms with Crippen molar-refractivity contribution in [3.8, 4) is 0 Å². The highest BCUT2D eigenvalue weighted by atomic mass is 32.2. The fraction of sp³-hybridized carbons (Fsp3) is 0.400. The Kier molecular flexibility index (Phi) is 4.05. The summed E-state index contributed by atoms with van der Waals surface area (Å²) in [4.78, 5) is 30.6. The molecule has 2 rings (SSSR count). The Morgan fingerprint density at radius 2 is 1.95 bits per heavy atom. The van der Waals surface area contributed by atoms with Gasteiger partial charge in [0.25, 0.3) is 0 Å². The Labute approximate surface area is 113 Å². The van der Waals surface area contributed by atoms with Crippen molar-refractivity contribution in [3.63, 3.8) is 0 Å². The van der Waals surface area contributed by atoms with Crippen LogP contribution < -0.4 is 22.1 Å². The van der Waals surface area contributed by atoms with Crippen molar-refractivity contribution in [1.29, 1.82) is 0 Å². The first-order valence-corrected chi connectivity index (χ1v) is 6.64. The number of nitrogen functional groups attached to an aromatic ring is 2. The van der Waals surface area contributed by atoms with Gasteiger partial charge in [0.05, 0.1) is 5.75 Å². The third-order valence-corrected chi connectivity index (χ3v) is 3.09. The first-order valence-electron chi connectivity index (χ1n) is 5.66. The Hall–Kier alpha value is -2.03. The molecule has 1 aromatic rings. The summed E-state index contributed by atoms with van der Waals surface area (Å²) < 4.78 is 0. The number of carbonyl (C=O) groups is 2. The van der Waals surface area contributed by atoms with Crippen LogP contribution in [0.15, 0.2) is 11.2 Å². The van der Waals surface area contributed by atoms with Gasteiger partial charge in [-0.3, -0.25) is 10.1 Å². The van der Waals surface area contributed by atoms with Gasteiger partial charge in [0.15, 0.2) is 5.16 Å². The van der Waals surface area contributed by atoms with E-state index >= 15 is 0 Å². The van der Waals surface area contributed by atoms with Crippen molar-refractivity contribution in [2.45, 2.75) is 24.0 Å². The number of amides is 3. The molecule has 3 amide bonds. The number of hydrogen-bond donors (Lipinski definition) is 4. The minimum Gasteiger partial charge on any atom is -0.383 e. The number of imide groups is 1. The topological polar surface area (TPSA) is 136 Å². The molecule has 6 N–H and O–H groups in total. The van der Waals surface area contributed by atoms with Crippen LogP contribution in [-0.4, -0.2) is 33.7 Å². The number of anilines is 2. The molecule has 0 aromatic carbocycles. The minimum absolute atomic E-state index is 0.0149. The zero-order chi connectivity index (χ0) is 13.8. The number of thioether (sulfide) groups is 1. The van der Waals surface area contributed by atoms with Crippen molar-refractivity contribution in [2.24, 2.45) is 0 Å². The molecule has 1 fully saturated rings. The molecule has 9 heteroatoms. The van der Waals surface area contributed by atoms with Crippen molar-refractivity contribution in [2.75, 3.05) is 17.2 Å². The summed E-state index contributed by atoms with van der Waals surface area (Å²) in [6.07, 6.45) is 1.93. The van der Waals surface area contributed by atoms with Crippen LogP contribution in [0.4, 0.5) is 16.4 Å². The molecule has 0 radical (unpaired) electrons. The van der Waals surface area contributed by atoms with Crippen LogP contribution in [0.3, 0.4) is 0 Å². The lowest BCUT2D eigenvalue weighted by Gasteiger charge is -2.05. The lowest BCUT2D eigenvalue weighted by molar-refractivity contribution is -0.117. The average Bonchev–Trinajstić information content (AvgIpc) is 3.08. The molecule has 0 saturated heterocycles. The molecule has 1 saturated carbocycles. The number of hydrogen-bond acceptors (Lipinski definition) is 7. The Morgan fingerprint density at radius 1 is 1.32 bits per heavy atom. The monoisotopic (exact) mass is 282 g/mol. The average molecular weight is 282 g/mol. The molecule has 0 bridgehead atoms. The van der Waals surface area contributed by atoms with Gasteiger partial charge in [-0.05, 0) is 12.8 Å². The summed E-state index contributed by atoms with van der Waals surface area (Å²) in [6.45, 7) is 0. The van der Waals surface area contributed by atoms with Crippen LogP contribution >= 0.6 is 11.8 Å². The molecule has 1 heterocycles. The zero-order valence-corrected chi connectivity index (χ0v) is 10.9. The van der Waals surface area contributed by atoms with E-state index in [1.165, 1.54) is 6.07 Å². The predicted molar refractivity (Wildman–Crippen MR) is 71.3 cm³/mol. The van der Waals surface area contributed by atoms with Crippen LogP contribution in [0, 0.1) is 0 Å². The summed E-state index contributed by atoms with van der Waals surface area (Å²) in [5.74, 6) is 0.0672. The molecule has 19 heavy (non-hydrogen) atoms. The molecule has 1 aliphatic carbocycles. The second-order valence-electron chi connectivity index (χ2n) is 4.08. The van der Waals surface area contributed by atoms with Crippen LogP contribution in [0.2, 0.25) is 0 Å². The summed E-state index contributed by atoms with van der Waals surface area (Å²) in [5, 5.41) is 5.17. The summed E-state index contributed by atoms with van der Waals surface area (Å²) in [7, 11) is 0. The number of nitrogens with zero attached hydrogens (tertiary/aromatic N) is 2. The standard InChI is InChI=1S/C10H14N6O2S/c11-6-3-7(12)15-10(14-6)19-4-8(17)16-9(18)13-5-1-2-5/h3,5H,1-2,4H2,(H4,11,12,14,15)(H2,13,16,17,18). The second-order valence-corrected chi connectivity index (χ2v) is 5.03. The lowest BCUT2D eigenvalue weighted by Crippen LogP contribution is -2.41. The van der Waals surface area contributed by atoms with Gasteiger partial charge in [-0.1, -0.05) is 11.8 Å². The van der Waals surface area contributed by atoms with Gasteiger partial charge in [-0.25, -0.2) is 14.8 Å². The SMILES string of the molecule is Nc1cc(N)nc(SCC(=O)NC(=O)NC2CC2)n1. The molecule has 0 aliphatic heterocycles. The number of urea groups is 1. The molecule has 102 valence electrons. The van der Waals surface area contributed by atoms with Crippen molar-refractivity contribution >= 4 is 35.3 Å². The molecule has 8 nitrogen and oxygen atoms in total. The maximum Gasteiger partial charge on any atom is 0.321 e. The van der Waals surface area contributed by atoms with Gasteiger partial charge in [0.2, 0.25) is 5.91 Å². The Bertz CT molecular complexity index is 485. The fourth-order valence-electron chi connectivity index (χ4n) is 1.27. The minimum atomic E-state index is -0.471. The van der Waals surface area contributed by atoms with E-state index in [1.54, 1.807) is 0 Å². The first kappa shape index (κ1) is 13.4. The highest BCUT2D eigenvalue weighted by Gasteiger charge is 2.23. The third kappa shape index (κ3) is 4.62. The summed E-state index contributed by atoms with van der Waals surface area (Å²) in [5.41, 5.74) is 11.0. The number of rotatable bonds is 4. The number of carbonyl (C=O) groups excluding carboxylic acids is 2. The maximum atomic E-state index is 11.5. The van der Waals surface area contributed by atoms with Gasteiger partial charge >= 0.3 is 6.03 Å². The molecule has 0 unspecified atom stereocenters. The maximum absolute atomic E-state index is 11.5. The van der Waals surface area contributed by atoms with E-state index in [-0.39, 0.29) is 23.4 Å². The van der Waals surface area contributed by atoms with Crippen LogP contribution in [0.5, 0.6) is 0 Å². The quantitative estimate of drug-likeness (QED) is 0.440. The Morgan fingerprint density at radius 3 is 2.53 bits per heavy atom. The van der Waals surface area contributed by atoms with Crippen LogP contribution in [0.25, 0.3) is 0 Å². The number of aromatic nitrogens is 2. The van der Waals surface area contributed by atoms with Gasteiger partial charge in [0, 0.05) is 12.1 Å². The summed E-state index contributed by atoms with van der Waals surface area (Å²) in [6, 6.07) is 1.16. The normalized spacial score (nSPS) is 13.9. The second kappa shape index (κ2) is 5.74. The number of nitrogens with two attached hydrogens (primary N) is 2. The zero-order valence-electron chi connectivity index (χ0n) is 10.0. The van der Waals surface area contributed by atoms with E-state index in [4.69, 9.17) is 11.5 Å². The van der Waals surface area contributed by atoms with E-state index < -0.39 is 11.9 Å². The molecule has 0 spiro atoms. The van der Waals surface area contributed by atoms with E-state index in [9.17, 15) is 9.59 Å². The van der Waals surface area contributed by atoms with Crippen LogP contribution in [0.1, 0.15) is 12.8 Å². The van der Waals surface area contributed by atoms with E-state index in [0.717, 1.165) is 24.6 Å². The smallest absolute Gasteiger partial charge is 0.321 e. The van der Waals surface area contributed by atoms with Gasteiger partial charge in [0.1, 0.15) is 11.6 Å². The first-order chi connectivity index (χ1) is 9.02. The van der Waals surface area contributed by atoms with Gasteiger partial charge in [-0.2, -0.15) is 0 Å². The van der Waals surface area contributed by atoms with Crippen molar-refractivity contribution in [3.05, 3.63) is 6.07 Å². The van der Waals surface area contributed by atoms with Crippen molar-refractivity contribution < 1.29 is 9.59 Å². The molecular weight excluding hydrogens is 268 g/mol. The summed E-state index contributed by atoms with van der Waals surface area (Å²) >= 11 is 1.06. The number of nitrogens with one attached hydrogen (secondary N) is 2. The predicted octanol–water partition coefficient (Wildman–Crippen LogP) is -0.279. The highest BCUT2D eigenvalue weighted by Crippen LogP contribution is 2.18. The van der Waals surface area contributed by atoms with E-state index in [2.05, 4.69) is 20.6 Å². The molecule has 1 aromatic heterocycles. The Balaban J connectivity index is 1.77. The van der Waals surface area contributed by atoms with Gasteiger partial charge < -0.3 is 16.8 Å². The van der Waals surface area contributed by atoms with Crippen LogP contribution in [-0.2, 0) is 4.79 Å². The molecular formula is C10H14N6O2S. The highest BCUT2D eigenvalue weighted by molar-refractivity contribution is 7.99.